The van der Waals surface area contributed by atoms with Crippen LogP contribution >= 0.6 is 0 Å². The summed E-state index contributed by atoms with van der Waals surface area (Å²) in [7, 11) is 3.53. The summed E-state index contributed by atoms with van der Waals surface area (Å²) in [5.74, 6) is 1.50. The van der Waals surface area contributed by atoms with E-state index in [9.17, 15) is 9.59 Å². The summed E-state index contributed by atoms with van der Waals surface area (Å²) in [6.45, 7) is 4.15. The summed E-state index contributed by atoms with van der Waals surface area (Å²) < 4.78 is 7.18. The molecule has 1 aliphatic heterocycles. The Bertz CT molecular complexity index is 1140. The number of methoxy groups -OCH3 is 1. The Kier molecular flexibility index (Phi) is 7.15. The van der Waals surface area contributed by atoms with E-state index in [1.54, 1.807) is 18.2 Å². The Balaban J connectivity index is 1.46. The van der Waals surface area contributed by atoms with Crippen LogP contribution in [0.5, 0.6) is 5.75 Å². The summed E-state index contributed by atoms with van der Waals surface area (Å²) in [4.78, 5) is 34.4. The van der Waals surface area contributed by atoms with Crippen LogP contribution in [0.3, 0.4) is 0 Å². The minimum atomic E-state index is -0.410. The molecule has 178 valence electrons. The van der Waals surface area contributed by atoms with E-state index in [4.69, 9.17) is 4.74 Å². The number of carbonyl (C=O) groups excluding carboxylic acids is 2. The van der Waals surface area contributed by atoms with E-state index < -0.39 is 6.04 Å². The van der Waals surface area contributed by atoms with Crippen molar-refractivity contribution in [2.75, 3.05) is 33.3 Å². The number of nitrogens with zero attached hydrogens (tertiary/aromatic N) is 4. The number of aromatic nitrogens is 2. The quantitative estimate of drug-likeness (QED) is 0.632. The van der Waals surface area contributed by atoms with Crippen LogP contribution in [0.4, 0.5) is 4.79 Å². The van der Waals surface area contributed by atoms with Crippen molar-refractivity contribution in [2.45, 2.75) is 19.4 Å². The zero-order valence-corrected chi connectivity index (χ0v) is 19.9. The normalized spacial score (nSPS) is 14.9. The molecule has 3 amide bonds. The first-order valence-corrected chi connectivity index (χ1v) is 11.5. The first-order chi connectivity index (χ1) is 16.5. The fourth-order valence-electron chi connectivity index (χ4n) is 4.25. The molecule has 8 heteroatoms. The fourth-order valence-corrected chi connectivity index (χ4v) is 4.25. The molecule has 4 rings (SSSR count). The first kappa shape index (κ1) is 23.4. The molecule has 1 saturated heterocycles. The molecular formula is C26H31N5O3. The first-order valence-electron chi connectivity index (χ1n) is 11.5. The predicted molar refractivity (Wildman–Crippen MR) is 130 cm³/mol. The predicted octanol–water partition coefficient (Wildman–Crippen LogP) is 3.38. The van der Waals surface area contributed by atoms with Crippen molar-refractivity contribution in [1.82, 2.24) is 24.7 Å². The number of hydrogen-bond acceptors (Lipinski definition) is 4. The Morgan fingerprint density at radius 3 is 2.44 bits per heavy atom. The summed E-state index contributed by atoms with van der Waals surface area (Å²) >= 11 is 0. The third-order valence-electron chi connectivity index (χ3n) is 6.17. The minimum absolute atomic E-state index is 0.00933. The van der Waals surface area contributed by atoms with E-state index >= 15 is 0 Å². The van der Waals surface area contributed by atoms with Crippen LogP contribution in [0.25, 0.3) is 0 Å². The molecule has 2 heterocycles. The topological polar surface area (TPSA) is 79.7 Å². The van der Waals surface area contributed by atoms with Crippen molar-refractivity contribution in [3.63, 3.8) is 0 Å². The van der Waals surface area contributed by atoms with Crippen molar-refractivity contribution in [3.8, 4) is 5.75 Å². The molecule has 2 aromatic carbocycles. The number of nitrogens with one attached hydrogen (secondary N) is 1. The molecule has 0 aliphatic carbocycles. The molecule has 0 saturated carbocycles. The van der Waals surface area contributed by atoms with Gasteiger partial charge in [-0.15, -0.1) is 0 Å². The lowest BCUT2D eigenvalue weighted by atomic mass is 10.1. The van der Waals surface area contributed by atoms with Gasteiger partial charge < -0.3 is 24.4 Å². The molecule has 3 aromatic rings. The van der Waals surface area contributed by atoms with Gasteiger partial charge in [-0.2, -0.15) is 0 Å². The maximum Gasteiger partial charge on any atom is 0.318 e. The lowest BCUT2D eigenvalue weighted by molar-refractivity contribution is 0.0762. The summed E-state index contributed by atoms with van der Waals surface area (Å²) in [5, 5.41) is 3.15. The standard InChI is InChI=1S/C26H31N5O3/c1-19-6-4-7-21(18-19)25(32)30-13-5-14-31(17-16-30)26(33)28-23(24-27-12-15-29(24)2)20-8-10-22(34-3)11-9-20/h4,6-12,15,18,23H,5,13-14,16-17H2,1-3H3,(H,28,33). The largest absolute Gasteiger partial charge is 0.497 e. The molecule has 1 fully saturated rings. The lowest BCUT2D eigenvalue weighted by Crippen LogP contribution is -2.44. The van der Waals surface area contributed by atoms with E-state index in [2.05, 4.69) is 10.3 Å². The molecule has 0 bridgehead atoms. The molecule has 0 radical (unpaired) electrons. The summed E-state index contributed by atoms with van der Waals surface area (Å²) in [5.41, 5.74) is 2.65. The number of carbonyl (C=O) groups is 2. The Morgan fingerprint density at radius 1 is 1.03 bits per heavy atom. The highest BCUT2D eigenvalue weighted by molar-refractivity contribution is 5.94. The minimum Gasteiger partial charge on any atom is -0.497 e. The van der Waals surface area contributed by atoms with Gasteiger partial charge in [0.2, 0.25) is 0 Å². The van der Waals surface area contributed by atoms with Crippen LogP contribution < -0.4 is 10.1 Å². The number of urea groups is 1. The van der Waals surface area contributed by atoms with Gasteiger partial charge in [0.15, 0.2) is 0 Å². The van der Waals surface area contributed by atoms with Gasteiger partial charge in [-0.05, 0) is 43.2 Å². The summed E-state index contributed by atoms with van der Waals surface area (Å²) in [6, 6.07) is 14.7. The van der Waals surface area contributed by atoms with Gasteiger partial charge >= 0.3 is 6.03 Å². The van der Waals surface area contributed by atoms with Crippen LogP contribution in [0.2, 0.25) is 0 Å². The highest BCUT2D eigenvalue weighted by Crippen LogP contribution is 2.23. The van der Waals surface area contributed by atoms with Gasteiger partial charge in [-0.3, -0.25) is 4.79 Å². The average Bonchev–Trinajstić information content (AvgIpc) is 3.12. The zero-order chi connectivity index (χ0) is 24.1. The molecule has 1 atom stereocenters. The molecule has 1 aromatic heterocycles. The lowest BCUT2D eigenvalue weighted by Gasteiger charge is -2.26. The van der Waals surface area contributed by atoms with Crippen molar-refractivity contribution in [2.24, 2.45) is 7.05 Å². The number of aryl methyl sites for hydroxylation is 2. The number of imidazole rings is 1. The van der Waals surface area contributed by atoms with Gasteiger partial charge in [0.1, 0.15) is 17.6 Å². The molecule has 1 N–H and O–H groups in total. The molecule has 0 spiro atoms. The molecule has 1 aliphatic rings. The molecule has 34 heavy (non-hydrogen) atoms. The number of ether oxygens (including phenoxy) is 1. The van der Waals surface area contributed by atoms with Gasteiger partial charge in [0, 0.05) is 51.2 Å². The SMILES string of the molecule is COc1ccc(C(NC(=O)N2CCCN(C(=O)c3cccc(C)c3)CC2)c2nccn2C)cc1. The van der Waals surface area contributed by atoms with Gasteiger partial charge in [0.25, 0.3) is 5.91 Å². The maximum absolute atomic E-state index is 13.3. The second-order valence-corrected chi connectivity index (χ2v) is 8.55. The van der Waals surface area contributed by atoms with E-state index in [-0.39, 0.29) is 11.9 Å². The number of hydrogen-bond donors (Lipinski definition) is 1. The van der Waals surface area contributed by atoms with Crippen LogP contribution in [-0.2, 0) is 7.05 Å². The second-order valence-electron chi connectivity index (χ2n) is 8.55. The highest BCUT2D eigenvalue weighted by Gasteiger charge is 2.26. The van der Waals surface area contributed by atoms with E-state index in [0.717, 1.165) is 29.1 Å². The average molecular weight is 462 g/mol. The van der Waals surface area contributed by atoms with E-state index in [0.29, 0.717) is 31.7 Å². The Labute approximate surface area is 200 Å². The molecular weight excluding hydrogens is 430 g/mol. The van der Waals surface area contributed by atoms with Crippen molar-refractivity contribution >= 4 is 11.9 Å². The third-order valence-corrected chi connectivity index (χ3v) is 6.17. The Hall–Kier alpha value is -3.81. The zero-order valence-electron chi connectivity index (χ0n) is 19.9. The maximum atomic E-state index is 13.3. The van der Waals surface area contributed by atoms with Crippen LogP contribution in [0.15, 0.2) is 60.9 Å². The molecule has 1 unspecified atom stereocenters. The van der Waals surface area contributed by atoms with Gasteiger partial charge in [0.05, 0.1) is 7.11 Å². The fraction of sp³-hybridized carbons (Fsp3) is 0.346. The van der Waals surface area contributed by atoms with E-state index in [1.807, 2.05) is 78.2 Å². The van der Waals surface area contributed by atoms with Crippen LogP contribution in [0.1, 0.15) is 39.8 Å². The highest BCUT2D eigenvalue weighted by atomic mass is 16.5. The second kappa shape index (κ2) is 10.4. The Morgan fingerprint density at radius 2 is 1.76 bits per heavy atom. The van der Waals surface area contributed by atoms with Crippen molar-refractivity contribution < 1.29 is 14.3 Å². The summed E-state index contributed by atoms with van der Waals surface area (Å²) in [6.07, 6.45) is 4.30. The number of benzene rings is 2. The van der Waals surface area contributed by atoms with Crippen molar-refractivity contribution in [1.29, 1.82) is 0 Å². The van der Waals surface area contributed by atoms with Crippen molar-refractivity contribution in [3.05, 3.63) is 83.4 Å². The van der Waals surface area contributed by atoms with Crippen LogP contribution in [-0.4, -0.2) is 64.6 Å². The number of amides is 3. The van der Waals surface area contributed by atoms with Gasteiger partial charge in [-0.25, -0.2) is 9.78 Å². The number of rotatable bonds is 5. The van der Waals surface area contributed by atoms with Crippen LogP contribution in [0, 0.1) is 6.92 Å². The van der Waals surface area contributed by atoms with E-state index in [1.165, 1.54) is 0 Å². The molecule has 8 nitrogen and oxygen atoms in total. The monoisotopic (exact) mass is 461 g/mol. The third kappa shape index (κ3) is 5.22. The smallest absolute Gasteiger partial charge is 0.318 e. The van der Waals surface area contributed by atoms with Gasteiger partial charge in [-0.1, -0.05) is 29.8 Å².